The van der Waals surface area contributed by atoms with Gasteiger partial charge < -0.3 is 9.84 Å². The molecule has 1 aromatic rings. The minimum Gasteiger partial charge on any atom is -0.396 e. The summed E-state index contributed by atoms with van der Waals surface area (Å²) < 4.78 is 5.83. The standard InChI is InChI=1S/C19H30N2O3S/c1-13-5-20(6-14(2)24-13)8-17-9-21(10-18(17)11-22)7-16-4-19(15(3)23)25-12-16/h4,12-14,17-18,22H,5-11H2,1-3H3/t13-,14+,17-,18-/m1/s1. The molecule has 0 spiro atoms. The van der Waals surface area contributed by atoms with Crippen molar-refractivity contribution >= 4 is 17.1 Å². The Morgan fingerprint density at radius 3 is 2.48 bits per heavy atom. The van der Waals surface area contributed by atoms with Crippen LogP contribution in [0.2, 0.25) is 0 Å². The van der Waals surface area contributed by atoms with E-state index in [-0.39, 0.29) is 24.6 Å². The van der Waals surface area contributed by atoms with E-state index in [2.05, 4.69) is 29.0 Å². The molecule has 2 aliphatic heterocycles. The molecule has 0 aromatic carbocycles. The van der Waals surface area contributed by atoms with Gasteiger partial charge in [0.1, 0.15) is 0 Å². The number of carbonyl (C=O) groups is 1. The maximum absolute atomic E-state index is 11.5. The quantitative estimate of drug-likeness (QED) is 0.782. The predicted octanol–water partition coefficient (Wildman–Crippen LogP) is 2.10. The van der Waals surface area contributed by atoms with Crippen molar-refractivity contribution in [2.24, 2.45) is 11.8 Å². The van der Waals surface area contributed by atoms with Crippen LogP contribution in [0.15, 0.2) is 11.4 Å². The number of ether oxygens (including phenoxy) is 1. The lowest BCUT2D eigenvalue weighted by atomic mass is 9.96. The van der Waals surface area contributed by atoms with E-state index >= 15 is 0 Å². The van der Waals surface area contributed by atoms with Crippen LogP contribution >= 0.6 is 11.3 Å². The fraction of sp³-hybridized carbons (Fsp3) is 0.737. The highest BCUT2D eigenvalue weighted by molar-refractivity contribution is 7.12. The van der Waals surface area contributed by atoms with Crippen molar-refractivity contribution in [3.63, 3.8) is 0 Å². The number of ketones is 1. The summed E-state index contributed by atoms with van der Waals surface area (Å²) in [6.07, 6.45) is 0.564. The smallest absolute Gasteiger partial charge is 0.169 e. The van der Waals surface area contributed by atoms with Crippen LogP contribution in [0.3, 0.4) is 0 Å². The third-order valence-electron chi connectivity index (χ3n) is 5.28. The molecule has 1 aromatic heterocycles. The SMILES string of the molecule is CC(=O)c1cc(CN2C[C@H](CO)[C@H](CN3C[C@@H](C)O[C@@H](C)C3)C2)cs1. The van der Waals surface area contributed by atoms with Gasteiger partial charge in [0.25, 0.3) is 0 Å². The van der Waals surface area contributed by atoms with Crippen molar-refractivity contribution in [1.82, 2.24) is 9.80 Å². The van der Waals surface area contributed by atoms with Gasteiger partial charge in [0, 0.05) is 45.9 Å². The van der Waals surface area contributed by atoms with Crippen molar-refractivity contribution in [3.05, 3.63) is 21.9 Å². The second-order valence-electron chi connectivity index (χ2n) is 7.75. The molecular formula is C19H30N2O3S. The molecule has 3 heterocycles. The van der Waals surface area contributed by atoms with Crippen LogP contribution in [-0.4, -0.2) is 72.2 Å². The topological polar surface area (TPSA) is 53.0 Å². The number of Topliss-reactive ketones (excluding diaryl/α,β-unsaturated/α-hetero) is 1. The highest BCUT2D eigenvalue weighted by Gasteiger charge is 2.35. The summed E-state index contributed by atoms with van der Waals surface area (Å²) in [6.45, 7) is 11.9. The number of likely N-dealkylation sites (tertiary alicyclic amines) is 1. The lowest BCUT2D eigenvalue weighted by molar-refractivity contribution is -0.0727. The van der Waals surface area contributed by atoms with Gasteiger partial charge in [-0.05, 0) is 49.6 Å². The molecule has 25 heavy (non-hydrogen) atoms. The Labute approximate surface area is 154 Å². The van der Waals surface area contributed by atoms with Gasteiger partial charge in [-0.2, -0.15) is 0 Å². The van der Waals surface area contributed by atoms with Gasteiger partial charge in [-0.15, -0.1) is 11.3 Å². The monoisotopic (exact) mass is 366 g/mol. The van der Waals surface area contributed by atoms with Gasteiger partial charge >= 0.3 is 0 Å². The lowest BCUT2D eigenvalue weighted by Crippen LogP contribution is -2.48. The summed E-state index contributed by atoms with van der Waals surface area (Å²) >= 11 is 1.53. The zero-order valence-corrected chi connectivity index (χ0v) is 16.3. The number of carbonyl (C=O) groups excluding carboxylic acids is 1. The van der Waals surface area contributed by atoms with E-state index in [0.29, 0.717) is 11.8 Å². The number of hydrogen-bond donors (Lipinski definition) is 1. The Hall–Kier alpha value is -0.790. The van der Waals surface area contributed by atoms with Crippen LogP contribution in [-0.2, 0) is 11.3 Å². The number of morpholine rings is 1. The van der Waals surface area contributed by atoms with Gasteiger partial charge in [0.05, 0.1) is 17.1 Å². The molecule has 0 amide bonds. The van der Waals surface area contributed by atoms with Gasteiger partial charge in [-0.3, -0.25) is 14.6 Å². The Morgan fingerprint density at radius 1 is 1.20 bits per heavy atom. The van der Waals surface area contributed by atoms with Crippen molar-refractivity contribution in [2.75, 3.05) is 39.3 Å². The number of thiophene rings is 1. The Balaban J connectivity index is 1.57. The maximum atomic E-state index is 11.5. The van der Waals surface area contributed by atoms with Crippen molar-refractivity contribution in [2.45, 2.75) is 39.5 Å². The molecule has 2 fully saturated rings. The van der Waals surface area contributed by atoms with E-state index in [4.69, 9.17) is 4.74 Å². The molecule has 0 radical (unpaired) electrons. The predicted molar refractivity (Wildman–Crippen MR) is 100 cm³/mol. The molecule has 0 saturated carbocycles. The maximum Gasteiger partial charge on any atom is 0.169 e. The largest absolute Gasteiger partial charge is 0.396 e. The van der Waals surface area contributed by atoms with E-state index < -0.39 is 0 Å². The normalized spacial score (nSPS) is 31.5. The summed E-state index contributed by atoms with van der Waals surface area (Å²) in [5, 5.41) is 11.9. The molecule has 4 atom stereocenters. The van der Waals surface area contributed by atoms with Crippen molar-refractivity contribution < 1.29 is 14.6 Å². The fourth-order valence-electron chi connectivity index (χ4n) is 4.25. The van der Waals surface area contributed by atoms with E-state index in [0.717, 1.165) is 44.1 Å². The van der Waals surface area contributed by atoms with Crippen LogP contribution < -0.4 is 0 Å². The van der Waals surface area contributed by atoms with Gasteiger partial charge in [0.2, 0.25) is 0 Å². The van der Waals surface area contributed by atoms with Crippen LogP contribution in [0.1, 0.15) is 36.0 Å². The fourth-order valence-corrected chi connectivity index (χ4v) is 5.05. The molecule has 2 saturated heterocycles. The van der Waals surface area contributed by atoms with Crippen LogP contribution in [0.5, 0.6) is 0 Å². The minimum absolute atomic E-state index is 0.138. The summed E-state index contributed by atoms with van der Waals surface area (Å²) in [5.41, 5.74) is 1.21. The first kappa shape index (κ1) is 19.0. The first-order valence-corrected chi connectivity index (χ1v) is 10.1. The molecule has 0 unspecified atom stereocenters. The molecule has 5 nitrogen and oxygen atoms in total. The third-order valence-corrected chi connectivity index (χ3v) is 6.36. The number of rotatable bonds is 6. The van der Waals surface area contributed by atoms with Crippen molar-refractivity contribution in [1.29, 1.82) is 0 Å². The molecule has 0 aliphatic carbocycles. The van der Waals surface area contributed by atoms with E-state index in [1.807, 2.05) is 6.07 Å². The number of nitrogens with zero attached hydrogens (tertiary/aromatic N) is 2. The molecule has 3 rings (SSSR count). The molecule has 6 heteroatoms. The minimum atomic E-state index is 0.138. The molecule has 1 N–H and O–H groups in total. The number of hydrogen-bond acceptors (Lipinski definition) is 6. The summed E-state index contributed by atoms with van der Waals surface area (Å²) in [4.78, 5) is 17.2. The Morgan fingerprint density at radius 2 is 1.88 bits per heavy atom. The average molecular weight is 367 g/mol. The lowest BCUT2D eigenvalue weighted by Gasteiger charge is -2.37. The average Bonchev–Trinajstić information content (AvgIpc) is 3.13. The Kier molecular flexibility index (Phi) is 6.28. The highest BCUT2D eigenvalue weighted by Crippen LogP contribution is 2.27. The summed E-state index contributed by atoms with van der Waals surface area (Å²) in [6, 6.07) is 2.01. The van der Waals surface area contributed by atoms with Crippen LogP contribution in [0, 0.1) is 11.8 Å². The molecule has 140 valence electrons. The zero-order valence-electron chi connectivity index (χ0n) is 15.5. The summed E-state index contributed by atoms with van der Waals surface area (Å²) in [5.74, 6) is 0.965. The highest BCUT2D eigenvalue weighted by atomic mass is 32.1. The first-order valence-electron chi connectivity index (χ1n) is 9.24. The van der Waals surface area contributed by atoms with Gasteiger partial charge in [-0.1, -0.05) is 0 Å². The van der Waals surface area contributed by atoms with Crippen molar-refractivity contribution in [3.8, 4) is 0 Å². The molecular weight excluding hydrogens is 336 g/mol. The second-order valence-corrected chi connectivity index (χ2v) is 8.66. The second kappa shape index (κ2) is 8.27. The van der Waals surface area contributed by atoms with Crippen LogP contribution in [0.25, 0.3) is 0 Å². The zero-order chi connectivity index (χ0) is 18.0. The summed E-state index contributed by atoms with van der Waals surface area (Å²) in [7, 11) is 0. The molecule has 2 aliphatic rings. The molecule has 0 bridgehead atoms. The van der Waals surface area contributed by atoms with E-state index in [1.165, 1.54) is 16.9 Å². The number of aliphatic hydroxyl groups excluding tert-OH is 1. The van der Waals surface area contributed by atoms with Gasteiger partial charge in [-0.25, -0.2) is 0 Å². The first-order chi connectivity index (χ1) is 11.9. The van der Waals surface area contributed by atoms with Gasteiger partial charge in [0.15, 0.2) is 5.78 Å². The van der Waals surface area contributed by atoms with Crippen LogP contribution in [0.4, 0.5) is 0 Å². The number of aliphatic hydroxyl groups is 1. The third kappa shape index (κ3) is 4.89. The van der Waals surface area contributed by atoms with E-state index in [1.54, 1.807) is 6.92 Å². The van der Waals surface area contributed by atoms with E-state index in [9.17, 15) is 9.90 Å². The Bertz CT molecular complexity index is 581.